The van der Waals surface area contributed by atoms with Crippen LogP contribution in [0.4, 0.5) is 0 Å². The molecule has 0 radical (unpaired) electrons. The van der Waals surface area contributed by atoms with E-state index in [1.54, 1.807) is 0 Å². The Labute approximate surface area is 69.2 Å². The molecule has 0 N–H and O–H groups in total. The van der Waals surface area contributed by atoms with E-state index in [4.69, 9.17) is 0 Å². The smallest absolute Gasteiger partial charge is 0.136 e. The van der Waals surface area contributed by atoms with Gasteiger partial charge in [0.05, 0.1) is 0 Å². The van der Waals surface area contributed by atoms with Crippen molar-refractivity contribution in [1.82, 2.24) is 0 Å². The fourth-order valence-corrected chi connectivity index (χ4v) is 2.09. The van der Waals surface area contributed by atoms with Crippen LogP contribution in [0, 0.1) is 11.8 Å². The normalized spacial score (nSPS) is 31.3. The highest BCUT2D eigenvalue weighted by Crippen LogP contribution is 2.32. The summed E-state index contributed by atoms with van der Waals surface area (Å²) in [6, 6.07) is 0. The van der Waals surface area contributed by atoms with Gasteiger partial charge in [0.25, 0.3) is 0 Å². The first kappa shape index (κ1) is 8.76. The number of carbonyl (C=O) groups excluding carboxylic acids is 1. The molecule has 1 heteroatoms. The Balaban J connectivity index is 2.36. The lowest BCUT2D eigenvalue weighted by molar-refractivity contribution is -0.120. The van der Waals surface area contributed by atoms with Crippen molar-refractivity contribution in [1.29, 1.82) is 0 Å². The predicted molar refractivity (Wildman–Crippen MR) is 46.4 cm³/mol. The maximum atomic E-state index is 11.3. The molecule has 0 heterocycles. The Morgan fingerprint density at radius 1 is 1.45 bits per heavy atom. The molecule has 1 aliphatic rings. The van der Waals surface area contributed by atoms with Gasteiger partial charge in [0.15, 0.2) is 0 Å². The molecule has 0 amide bonds. The summed E-state index contributed by atoms with van der Waals surface area (Å²) >= 11 is 0. The van der Waals surface area contributed by atoms with E-state index in [0.29, 0.717) is 11.7 Å². The van der Waals surface area contributed by atoms with Crippen LogP contribution >= 0.6 is 0 Å². The topological polar surface area (TPSA) is 17.1 Å². The molecule has 0 aromatic heterocycles. The zero-order valence-corrected chi connectivity index (χ0v) is 7.60. The minimum absolute atomic E-state index is 0.409. The van der Waals surface area contributed by atoms with E-state index in [2.05, 4.69) is 13.8 Å². The summed E-state index contributed by atoms with van der Waals surface area (Å²) < 4.78 is 0. The van der Waals surface area contributed by atoms with Gasteiger partial charge in [0, 0.05) is 12.3 Å². The standard InChI is InChI=1S/C10H18O/c1-3-5-8-6-9(4-2)10(11)7-8/h8-9H,3-7H2,1-2H3. The van der Waals surface area contributed by atoms with Crippen molar-refractivity contribution in [3.63, 3.8) is 0 Å². The molecule has 64 valence electrons. The van der Waals surface area contributed by atoms with Crippen LogP contribution in [0.1, 0.15) is 46.0 Å². The summed E-state index contributed by atoms with van der Waals surface area (Å²) in [5.74, 6) is 1.65. The molecule has 2 atom stereocenters. The molecule has 0 spiro atoms. The van der Waals surface area contributed by atoms with Crippen LogP contribution in [0.2, 0.25) is 0 Å². The van der Waals surface area contributed by atoms with E-state index >= 15 is 0 Å². The zero-order chi connectivity index (χ0) is 8.27. The van der Waals surface area contributed by atoms with E-state index in [0.717, 1.165) is 18.8 Å². The fourth-order valence-electron chi connectivity index (χ4n) is 2.09. The van der Waals surface area contributed by atoms with Gasteiger partial charge in [-0.15, -0.1) is 0 Å². The fraction of sp³-hybridized carbons (Fsp3) is 0.900. The summed E-state index contributed by atoms with van der Waals surface area (Å²) in [5, 5.41) is 0. The first-order chi connectivity index (χ1) is 5.27. The van der Waals surface area contributed by atoms with Crippen molar-refractivity contribution in [3.05, 3.63) is 0 Å². The van der Waals surface area contributed by atoms with Crippen LogP contribution in [0.3, 0.4) is 0 Å². The molecule has 0 saturated heterocycles. The minimum atomic E-state index is 0.409. The van der Waals surface area contributed by atoms with Gasteiger partial charge in [-0.1, -0.05) is 26.7 Å². The summed E-state index contributed by atoms with van der Waals surface area (Å²) in [5.41, 5.74) is 0. The van der Waals surface area contributed by atoms with E-state index in [-0.39, 0.29) is 0 Å². The number of hydrogen-bond acceptors (Lipinski definition) is 1. The van der Waals surface area contributed by atoms with Gasteiger partial charge in [-0.2, -0.15) is 0 Å². The summed E-state index contributed by atoms with van der Waals surface area (Å²) in [7, 11) is 0. The van der Waals surface area contributed by atoms with Gasteiger partial charge >= 0.3 is 0 Å². The monoisotopic (exact) mass is 154 g/mol. The van der Waals surface area contributed by atoms with Crippen LogP contribution in [0.25, 0.3) is 0 Å². The van der Waals surface area contributed by atoms with Gasteiger partial charge in [0.1, 0.15) is 5.78 Å². The summed E-state index contributed by atoms with van der Waals surface area (Å²) in [6.45, 7) is 4.32. The van der Waals surface area contributed by atoms with Crippen molar-refractivity contribution in [2.24, 2.45) is 11.8 Å². The maximum Gasteiger partial charge on any atom is 0.136 e. The van der Waals surface area contributed by atoms with Gasteiger partial charge in [-0.25, -0.2) is 0 Å². The number of carbonyl (C=O) groups is 1. The Kier molecular flexibility index (Phi) is 3.10. The van der Waals surface area contributed by atoms with Crippen LogP contribution in [0.5, 0.6) is 0 Å². The quantitative estimate of drug-likeness (QED) is 0.611. The first-order valence-electron chi connectivity index (χ1n) is 4.80. The molecular formula is C10H18O. The van der Waals surface area contributed by atoms with Gasteiger partial charge in [-0.3, -0.25) is 4.79 Å². The largest absolute Gasteiger partial charge is 0.299 e. The van der Waals surface area contributed by atoms with E-state index in [9.17, 15) is 4.79 Å². The number of ketones is 1. The van der Waals surface area contributed by atoms with Crippen molar-refractivity contribution < 1.29 is 4.79 Å². The van der Waals surface area contributed by atoms with Crippen LogP contribution < -0.4 is 0 Å². The molecule has 2 unspecified atom stereocenters. The molecule has 1 aliphatic carbocycles. The highest BCUT2D eigenvalue weighted by Gasteiger charge is 2.29. The minimum Gasteiger partial charge on any atom is -0.299 e. The third-order valence-electron chi connectivity index (χ3n) is 2.75. The lowest BCUT2D eigenvalue weighted by atomic mass is 9.99. The second-order valence-corrected chi connectivity index (χ2v) is 3.67. The average molecular weight is 154 g/mol. The highest BCUT2D eigenvalue weighted by atomic mass is 16.1. The van der Waals surface area contributed by atoms with E-state index in [1.807, 2.05) is 0 Å². The summed E-state index contributed by atoms with van der Waals surface area (Å²) in [6.07, 6.45) is 5.57. The predicted octanol–water partition coefficient (Wildman–Crippen LogP) is 2.79. The van der Waals surface area contributed by atoms with Gasteiger partial charge in [0.2, 0.25) is 0 Å². The second-order valence-electron chi connectivity index (χ2n) is 3.67. The Bertz CT molecular complexity index is 140. The maximum absolute atomic E-state index is 11.3. The van der Waals surface area contributed by atoms with E-state index < -0.39 is 0 Å². The number of hydrogen-bond donors (Lipinski definition) is 0. The number of Topliss-reactive ketones (excluding diaryl/α,β-unsaturated/α-hetero) is 1. The lowest BCUT2D eigenvalue weighted by Crippen LogP contribution is -2.03. The molecule has 0 aromatic carbocycles. The molecular weight excluding hydrogens is 136 g/mol. The SMILES string of the molecule is CCCC1CC(=O)C(CC)C1. The first-order valence-corrected chi connectivity index (χ1v) is 4.80. The van der Waals surface area contributed by atoms with Crippen molar-refractivity contribution >= 4 is 5.78 Å². The van der Waals surface area contributed by atoms with Gasteiger partial charge in [-0.05, 0) is 18.8 Å². The Morgan fingerprint density at radius 3 is 2.64 bits per heavy atom. The number of rotatable bonds is 3. The highest BCUT2D eigenvalue weighted by molar-refractivity contribution is 5.83. The summed E-state index contributed by atoms with van der Waals surface area (Å²) in [4.78, 5) is 11.3. The molecule has 0 bridgehead atoms. The third kappa shape index (κ3) is 2.05. The molecule has 0 aliphatic heterocycles. The molecule has 1 rings (SSSR count). The van der Waals surface area contributed by atoms with E-state index in [1.165, 1.54) is 19.3 Å². The van der Waals surface area contributed by atoms with Crippen LogP contribution in [0.15, 0.2) is 0 Å². The molecule has 11 heavy (non-hydrogen) atoms. The van der Waals surface area contributed by atoms with Crippen LogP contribution in [-0.4, -0.2) is 5.78 Å². The second kappa shape index (κ2) is 3.89. The Morgan fingerprint density at radius 2 is 2.18 bits per heavy atom. The molecule has 1 fully saturated rings. The van der Waals surface area contributed by atoms with Crippen molar-refractivity contribution in [2.75, 3.05) is 0 Å². The van der Waals surface area contributed by atoms with Crippen molar-refractivity contribution in [2.45, 2.75) is 46.0 Å². The zero-order valence-electron chi connectivity index (χ0n) is 7.60. The van der Waals surface area contributed by atoms with Crippen molar-refractivity contribution in [3.8, 4) is 0 Å². The molecule has 1 saturated carbocycles. The lowest BCUT2D eigenvalue weighted by Gasteiger charge is -2.05. The Hall–Kier alpha value is -0.330. The molecule has 1 nitrogen and oxygen atoms in total. The van der Waals surface area contributed by atoms with Gasteiger partial charge < -0.3 is 0 Å². The average Bonchev–Trinajstić information content (AvgIpc) is 2.32. The molecule has 0 aromatic rings. The van der Waals surface area contributed by atoms with Crippen LogP contribution in [-0.2, 0) is 4.79 Å². The third-order valence-corrected chi connectivity index (χ3v) is 2.75.